The summed E-state index contributed by atoms with van der Waals surface area (Å²) in [5, 5.41) is 13.8. The molecule has 0 aliphatic rings. The second kappa shape index (κ2) is 55.0. The summed E-state index contributed by atoms with van der Waals surface area (Å²) in [6, 6.07) is -0.840. The minimum absolute atomic E-state index is 0.0645. The van der Waals surface area contributed by atoms with Gasteiger partial charge in [-0.25, -0.2) is 4.57 Å². The van der Waals surface area contributed by atoms with E-state index in [-0.39, 0.29) is 19.1 Å². The van der Waals surface area contributed by atoms with Crippen LogP contribution in [-0.2, 0) is 18.4 Å². The SMILES string of the molecule is CCCCCCCCC/C=C/C(O)C(COP(=O)(O)OCC[N+](C)(C)C)NC(=O)CCCCCCCCCCCCCCCCCCCCCCCCCCCCCCCCCCCCCCCCCCC. The molecule has 0 bridgehead atoms. The third-order valence-corrected chi connectivity index (χ3v) is 16.0. The Morgan fingerprint density at radius 1 is 0.458 bits per heavy atom. The van der Waals surface area contributed by atoms with Crippen LogP contribution in [0.4, 0.5) is 0 Å². The molecule has 430 valence electrons. The molecule has 3 atom stereocenters. The molecule has 0 aliphatic carbocycles. The number of amides is 1. The molecule has 0 saturated heterocycles. The van der Waals surface area contributed by atoms with E-state index in [9.17, 15) is 19.4 Å². The van der Waals surface area contributed by atoms with E-state index in [0.29, 0.717) is 17.4 Å². The van der Waals surface area contributed by atoms with Crippen LogP contribution in [0.3, 0.4) is 0 Å². The van der Waals surface area contributed by atoms with Crippen molar-refractivity contribution in [2.75, 3.05) is 40.9 Å². The number of nitrogens with one attached hydrogen (secondary N) is 1. The highest BCUT2D eigenvalue weighted by Crippen LogP contribution is 2.43. The topological polar surface area (TPSA) is 105 Å². The van der Waals surface area contributed by atoms with Gasteiger partial charge in [0.05, 0.1) is 39.9 Å². The van der Waals surface area contributed by atoms with Crippen LogP contribution in [0.1, 0.15) is 335 Å². The van der Waals surface area contributed by atoms with Gasteiger partial charge in [0.2, 0.25) is 5.91 Å². The summed E-state index contributed by atoms with van der Waals surface area (Å²) in [5.74, 6) is -0.173. The Morgan fingerprint density at radius 3 is 1.03 bits per heavy atom. The first-order valence-corrected chi connectivity index (χ1v) is 33.6. The van der Waals surface area contributed by atoms with Gasteiger partial charge >= 0.3 is 7.82 Å². The Morgan fingerprint density at radius 2 is 0.736 bits per heavy atom. The molecule has 0 rings (SSSR count). The fraction of sp³-hybridized carbons (Fsp3) is 0.952. The zero-order valence-corrected chi connectivity index (χ0v) is 50.1. The number of quaternary nitrogens is 1. The molecule has 0 aromatic rings. The van der Waals surface area contributed by atoms with Gasteiger partial charge in [0, 0.05) is 6.42 Å². The minimum atomic E-state index is -4.33. The molecule has 9 heteroatoms. The van der Waals surface area contributed by atoms with E-state index >= 15 is 0 Å². The van der Waals surface area contributed by atoms with E-state index < -0.39 is 20.0 Å². The fourth-order valence-electron chi connectivity index (χ4n) is 9.99. The highest BCUT2D eigenvalue weighted by molar-refractivity contribution is 7.47. The maximum atomic E-state index is 12.9. The molecule has 3 unspecified atom stereocenters. The number of aliphatic hydroxyl groups is 1. The van der Waals surface area contributed by atoms with Crippen molar-refractivity contribution in [3.05, 3.63) is 12.2 Å². The van der Waals surface area contributed by atoms with E-state index in [1.807, 2.05) is 27.2 Å². The van der Waals surface area contributed by atoms with Crippen LogP contribution in [0, 0.1) is 0 Å². The lowest BCUT2D eigenvalue weighted by Crippen LogP contribution is -2.45. The van der Waals surface area contributed by atoms with Gasteiger partial charge in [0.25, 0.3) is 0 Å². The molecule has 0 spiro atoms. The number of allylic oxidation sites excluding steroid dienone is 1. The maximum Gasteiger partial charge on any atom is 0.472 e. The minimum Gasteiger partial charge on any atom is -0.387 e. The number of phosphoric ester groups is 1. The molecule has 0 fully saturated rings. The highest BCUT2D eigenvalue weighted by atomic mass is 31.2. The summed E-state index contributed by atoms with van der Waals surface area (Å²) in [6.45, 7) is 4.82. The van der Waals surface area contributed by atoms with Crippen LogP contribution < -0.4 is 5.32 Å². The van der Waals surface area contributed by atoms with Gasteiger partial charge in [0.1, 0.15) is 13.2 Å². The van der Waals surface area contributed by atoms with Crippen molar-refractivity contribution in [2.24, 2.45) is 0 Å². The van der Waals surface area contributed by atoms with E-state index in [4.69, 9.17) is 9.05 Å². The van der Waals surface area contributed by atoms with E-state index in [1.165, 1.54) is 276 Å². The van der Waals surface area contributed by atoms with Crippen LogP contribution in [0.15, 0.2) is 12.2 Å². The monoisotopic (exact) mass is 1040 g/mol. The van der Waals surface area contributed by atoms with Crippen LogP contribution in [0.2, 0.25) is 0 Å². The third kappa shape index (κ3) is 57.0. The summed E-state index contributed by atoms with van der Waals surface area (Å²) in [7, 11) is 1.59. The van der Waals surface area contributed by atoms with Crippen LogP contribution in [-0.4, -0.2) is 73.4 Å². The Bertz CT molecular complexity index is 1180. The number of carbonyl (C=O) groups is 1. The molecule has 0 aromatic heterocycles. The van der Waals surface area contributed by atoms with Gasteiger partial charge in [0.15, 0.2) is 0 Å². The van der Waals surface area contributed by atoms with E-state index in [1.54, 1.807) is 6.08 Å². The first kappa shape index (κ1) is 71.2. The van der Waals surface area contributed by atoms with Crippen LogP contribution in [0.25, 0.3) is 0 Å². The van der Waals surface area contributed by atoms with Crippen molar-refractivity contribution in [3.63, 3.8) is 0 Å². The molecule has 0 saturated carbocycles. The van der Waals surface area contributed by atoms with Gasteiger partial charge in [-0.2, -0.15) is 0 Å². The number of hydrogen-bond acceptors (Lipinski definition) is 5. The van der Waals surface area contributed by atoms with Crippen molar-refractivity contribution < 1.29 is 32.9 Å². The number of likely N-dealkylation sites (N-methyl/N-ethyl adjacent to an activating group) is 1. The van der Waals surface area contributed by atoms with Crippen LogP contribution in [0.5, 0.6) is 0 Å². The van der Waals surface area contributed by atoms with Crippen molar-refractivity contribution in [2.45, 2.75) is 347 Å². The molecule has 0 aliphatic heterocycles. The molecule has 8 nitrogen and oxygen atoms in total. The largest absolute Gasteiger partial charge is 0.472 e. The standard InChI is InChI=1S/C63H127N2O6P/c1-6-8-10-12-14-16-17-18-19-20-21-22-23-24-25-26-27-28-29-30-31-32-33-34-35-36-37-38-39-40-41-42-43-44-45-46-47-49-51-53-55-57-63(67)64-61(60-71-72(68,69)70-59-58-65(3,4)5)62(66)56-54-52-50-48-15-13-11-9-7-2/h54,56,61-62,66H,6-53,55,57-60H2,1-5H3,(H-,64,67,68,69)/p+1/b56-54+. The predicted molar refractivity (Wildman–Crippen MR) is 314 cm³/mol. The number of nitrogens with zero attached hydrogens (tertiary/aromatic N) is 1. The Balaban J connectivity index is 3.70. The third-order valence-electron chi connectivity index (χ3n) is 15.0. The van der Waals surface area contributed by atoms with E-state index in [0.717, 1.165) is 38.5 Å². The smallest absolute Gasteiger partial charge is 0.387 e. The molecule has 0 radical (unpaired) electrons. The summed E-state index contributed by atoms with van der Waals surface area (Å²) in [6.07, 6.45) is 69.6. The number of phosphoric acid groups is 1. The number of unbranched alkanes of at least 4 members (excludes halogenated alkanes) is 47. The van der Waals surface area contributed by atoms with Crippen molar-refractivity contribution in [1.29, 1.82) is 0 Å². The quantitative estimate of drug-likeness (QED) is 0.0243. The van der Waals surface area contributed by atoms with Gasteiger partial charge in [-0.1, -0.05) is 321 Å². The van der Waals surface area contributed by atoms with Crippen molar-refractivity contribution in [3.8, 4) is 0 Å². The lowest BCUT2D eigenvalue weighted by molar-refractivity contribution is -0.870. The molecule has 3 N–H and O–H groups in total. The van der Waals surface area contributed by atoms with Gasteiger partial charge in [-0.05, 0) is 19.3 Å². The van der Waals surface area contributed by atoms with Gasteiger partial charge < -0.3 is 19.8 Å². The molecular formula is C63H128N2O6P+. The predicted octanol–water partition coefficient (Wildman–Crippen LogP) is 19.8. The highest BCUT2D eigenvalue weighted by Gasteiger charge is 2.28. The molecule has 0 aromatic carbocycles. The second-order valence-corrected chi connectivity index (χ2v) is 25.0. The number of rotatable bonds is 60. The molecular weight excluding hydrogens is 912 g/mol. The van der Waals surface area contributed by atoms with Gasteiger partial charge in [-0.15, -0.1) is 0 Å². The zero-order valence-electron chi connectivity index (χ0n) is 49.2. The van der Waals surface area contributed by atoms with Gasteiger partial charge in [-0.3, -0.25) is 13.8 Å². The normalized spacial score (nSPS) is 13.8. The first-order chi connectivity index (χ1) is 35.0. The second-order valence-electron chi connectivity index (χ2n) is 23.5. The lowest BCUT2D eigenvalue weighted by atomic mass is 10.0. The molecule has 1 amide bonds. The van der Waals surface area contributed by atoms with Crippen molar-refractivity contribution in [1.82, 2.24) is 5.32 Å². The number of hydrogen-bond donors (Lipinski definition) is 3. The maximum absolute atomic E-state index is 12.9. The summed E-state index contributed by atoms with van der Waals surface area (Å²) < 4.78 is 23.6. The Kier molecular flexibility index (Phi) is 54.4. The fourth-order valence-corrected chi connectivity index (χ4v) is 10.7. The Labute approximate surface area is 450 Å². The summed E-state index contributed by atoms with van der Waals surface area (Å²) >= 11 is 0. The van der Waals surface area contributed by atoms with E-state index in [2.05, 4.69) is 19.2 Å². The zero-order chi connectivity index (χ0) is 52.7. The van der Waals surface area contributed by atoms with Crippen LogP contribution >= 0.6 is 7.82 Å². The summed E-state index contributed by atoms with van der Waals surface area (Å²) in [5.41, 5.74) is 0. The number of carbonyl (C=O) groups excluding carboxylic acids is 1. The molecule has 72 heavy (non-hydrogen) atoms. The number of aliphatic hydroxyl groups excluding tert-OH is 1. The first-order valence-electron chi connectivity index (χ1n) is 32.1. The average molecular weight is 1040 g/mol. The summed E-state index contributed by atoms with van der Waals surface area (Å²) in [4.78, 5) is 23.2. The van der Waals surface area contributed by atoms with Crippen molar-refractivity contribution >= 4 is 13.7 Å². The average Bonchev–Trinajstić information content (AvgIpc) is 3.34. The Hall–Kier alpha value is -0.760. The molecule has 0 heterocycles. The lowest BCUT2D eigenvalue weighted by Gasteiger charge is -2.25.